The fourth-order valence-electron chi connectivity index (χ4n) is 0.810. The van der Waals surface area contributed by atoms with Gasteiger partial charge < -0.3 is 0 Å². The molecule has 1 aromatic carbocycles. The Balaban J connectivity index is 3.31. The zero-order valence-corrected chi connectivity index (χ0v) is 5.97. The number of aliphatic imine (C=N–C) groups is 1. The zero-order valence-electron chi connectivity index (χ0n) is 5.97. The lowest BCUT2D eigenvalue weighted by molar-refractivity contribution is 0.564. The van der Waals surface area contributed by atoms with Crippen LogP contribution in [-0.2, 0) is 4.79 Å². The van der Waals surface area contributed by atoms with Gasteiger partial charge in [-0.05, 0) is 18.6 Å². The normalized spacial score (nSPS) is 8.91. The summed E-state index contributed by atoms with van der Waals surface area (Å²) in [7, 11) is 0. The van der Waals surface area contributed by atoms with Crippen molar-refractivity contribution in [2.75, 3.05) is 0 Å². The highest BCUT2D eigenvalue weighted by Crippen LogP contribution is 2.20. The van der Waals surface area contributed by atoms with Gasteiger partial charge in [-0.25, -0.2) is 9.18 Å². The van der Waals surface area contributed by atoms with Crippen LogP contribution < -0.4 is 0 Å². The monoisotopic (exact) mass is 151 g/mol. The molecule has 11 heavy (non-hydrogen) atoms. The molecular weight excluding hydrogens is 145 g/mol. The van der Waals surface area contributed by atoms with E-state index in [1.807, 2.05) is 0 Å². The molecule has 0 radical (unpaired) electrons. The summed E-state index contributed by atoms with van der Waals surface area (Å²) in [6.07, 6.45) is 1.30. The van der Waals surface area contributed by atoms with E-state index in [0.717, 1.165) is 0 Å². The summed E-state index contributed by atoms with van der Waals surface area (Å²) in [5.41, 5.74) is 0.704. The average Bonchev–Trinajstić information content (AvgIpc) is 1.97. The number of benzene rings is 1. The van der Waals surface area contributed by atoms with E-state index in [1.54, 1.807) is 19.1 Å². The number of rotatable bonds is 1. The van der Waals surface area contributed by atoms with Crippen molar-refractivity contribution in [1.29, 1.82) is 0 Å². The van der Waals surface area contributed by atoms with E-state index in [4.69, 9.17) is 0 Å². The topological polar surface area (TPSA) is 29.4 Å². The van der Waals surface area contributed by atoms with Crippen LogP contribution in [-0.4, -0.2) is 6.08 Å². The van der Waals surface area contributed by atoms with Gasteiger partial charge in [-0.15, -0.1) is 0 Å². The highest BCUT2D eigenvalue weighted by Gasteiger charge is 2.01. The van der Waals surface area contributed by atoms with Crippen molar-refractivity contribution in [3.63, 3.8) is 0 Å². The van der Waals surface area contributed by atoms with Gasteiger partial charge in [-0.2, -0.15) is 4.99 Å². The molecule has 0 spiro atoms. The molecule has 0 aliphatic carbocycles. The minimum absolute atomic E-state index is 0.0718. The number of para-hydroxylation sites is 1. The SMILES string of the molecule is Cc1cccc(F)c1N=C=O. The summed E-state index contributed by atoms with van der Waals surface area (Å²) in [4.78, 5) is 13.0. The largest absolute Gasteiger partial charge is 0.240 e. The lowest BCUT2D eigenvalue weighted by Crippen LogP contribution is -1.79. The summed E-state index contributed by atoms with van der Waals surface area (Å²) in [6.45, 7) is 1.68. The summed E-state index contributed by atoms with van der Waals surface area (Å²) >= 11 is 0. The van der Waals surface area contributed by atoms with Crippen LogP contribution in [0.4, 0.5) is 10.1 Å². The molecule has 0 heterocycles. The molecule has 0 aromatic heterocycles. The molecule has 0 saturated heterocycles. The summed E-state index contributed by atoms with van der Waals surface area (Å²) in [5, 5.41) is 0. The lowest BCUT2D eigenvalue weighted by atomic mass is 10.2. The molecule has 0 fully saturated rings. The second-order valence-electron chi connectivity index (χ2n) is 2.11. The molecule has 2 nitrogen and oxygen atoms in total. The zero-order chi connectivity index (χ0) is 8.27. The molecule has 1 aromatic rings. The Morgan fingerprint density at radius 3 is 2.82 bits per heavy atom. The third kappa shape index (κ3) is 1.51. The van der Waals surface area contributed by atoms with Crippen LogP contribution in [0.15, 0.2) is 23.2 Å². The molecule has 0 amide bonds. The maximum atomic E-state index is 12.8. The van der Waals surface area contributed by atoms with Gasteiger partial charge >= 0.3 is 0 Å². The van der Waals surface area contributed by atoms with Gasteiger partial charge in [0.2, 0.25) is 6.08 Å². The highest BCUT2D eigenvalue weighted by molar-refractivity contribution is 5.53. The van der Waals surface area contributed by atoms with Gasteiger partial charge in [0.05, 0.1) is 0 Å². The maximum Gasteiger partial charge on any atom is 0.240 e. The van der Waals surface area contributed by atoms with Gasteiger partial charge in [0.15, 0.2) is 0 Å². The lowest BCUT2D eigenvalue weighted by Gasteiger charge is -1.96. The molecule has 1 rings (SSSR count). The third-order valence-corrected chi connectivity index (χ3v) is 1.35. The van der Waals surface area contributed by atoms with Gasteiger partial charge in [-0.3, -0.25) is 0 Å². The molecule has 0 aliphatic heterocycles. The van der Waals surface area contributed by atoms with E-state index in [-0.39, 0.29) is 5.69 Å². The molecule has 56 valence electrons. The number of nitrogens with zero attached hydrogens (tertiary/aromatic N) is 1. The first-order chi connectivity index (χ1) is 5.25. The Bertz CT molecular complexity index is 296. The second-order valence-corrected chi connectivity index (χ2v) is 2.11. The van der Waals surface area contributed by atoms with Crippen LogP contribution in [0.25, 0.3) is 0 Å². The molecule has 0 unspecified atom stereocenters. The third-order valence-electron chi connectivity index (χ3n) is 1.35. The Morgan fingerprint density at radius 1 is 1.55 bits per heavy atom. The van der Waals surface area contributed by atoms with Crippen molar-refractivity contribution >= 4 is 11.8 Å². The van der Waals surface area contributed by atoms with Crippen molar-refractivity contribution in [3.05, 3.63) is 29.6 Å². The summed E-state index contributed by atoms with van der Waals surface area (Å²) < 4.78 is 12.8. The minimum atomic E-state index is -0.492. The molecule has 0 saturated carbocycles. The van der Waals surface area contributed by atoms with Crippen LogP contribution in [0.5, 0.6) is 0 Å². The van der Waals surface area contributed by atoms with Gasteiger partial charge in [0.25, 0.3) is 0 Å². The first-order valence-electron chi connectivity index (χ1n) is 3.08. The quantitative estimate of drug-likeness (QED) is 0.446. The first kappa shape index (κ1) is 7.63. The van der Waals surface area contributed by atoms with E-state index >= 15 is 0 Å². The van der Waals surface area contributed by atoms with Crippen molar-refractivity contribution in [3.8, 4) is 0 Å². The average molecular weight is 151 g/mol. The minimum Gasteiger partial charge on any atom is -0.211 e. The Kier molecular flexibility index (Phi) is 2.14. The smallest absolute Gasteiger partial charge is 0.211 e. The summed E-state index contributed by atoms with van der Waals surface area (Å²) in [5.74, 6) is -0.492. The Morgan fingerprint density at radius 2 is 2.27 bits per heavy atom. The fraction of sp³-hybridized carbons (Fsp3) is 0.125. The number of aryl methyl sites for hydroxylation is 1. The number of carbonyl (C=O) groups excluding carboxylic acids is 1. The standard InChI is InChI=1S/C8H6FNO/c1-6-3-2-4-7(9)8(6)10-5-11/h2-4H,1H3. The molecule has 0 N–H and O–H groups in total. The molecule has 0 bridgehead atoms. The van der Waals surface area contributed by atoms with E-state index < -0.39 is 5.82 Å². The molecule has 0 atom stereocenters. The predicted molar refractivity (Wildman–Crippen MR) is 38.9 cm³/mol. The number of halogens is 1. The van der Waals surface area contributed by atoms with Gasteiger partial charge in [0.1, 0.15) is 11.5 Å². The Labute approximate surface area is 63.4 Å². The predicted octanol–water partition coefficient (Wildman–Crippen LogP) is 2.10. The van der Waals surface area contributed by atoms with Crippen molar-refractivity contribution in [1.82, 2.24) is 0 Å². The van der Waals surface area contributed by atoms with Crippen LogP contribution in [0, 0.1) is 12.7 Å². The van der Waals surface area contributed by atoms with Crippen molar-refractivity contribution in [2.45, 2.75) is 6.92 Å². The molecular formula is C8H6FNO. The van der Waals surface area contributed by atoms with Crippen LogP contribution in [0.2, 0.25) is 0 Å². The van der Waals surface area contributed by atoms with E-state index in [0.29, 0.717) is 5.56 Å². The molecule has 0 aliphatic rings. The fourth-order valence-corrected chi connectivity index (χ4v) is 0.810. The Hall–Kier alpha value is -1.47. The van der Waals surface area contributed by atoms with Gasteiger partial charge in [0, 0.05) is 0 Å². The number of isocyanates is 1. The van der Waals surface area contributed by atoms with Crippen LogP contribution in [0.1, 0.15) is 5.56 Å². The summed E-state index contributed by atoms with van der Waals surface area (Å²) in [6, 6.07) is 4.50. The highest BCUT2D eigenvalue weighted by atomic mass is 19.1. The van der Waals surface area contributed by atoms with Gasteiger partial charge in [-0.1, -0.05) is 12.1 Å². The van der Waals surface area contributed by atoms with Crippen molar-refractivity contribution < 1.29 is 9.18 Å². The van der Waals surface area contributed by atoms with Crippen LogP contribution >= 0.6 is 0 Å². The van der Waals surface area contributed by atoms with Crippen molar-refractivity contribution in [2.24, 2.45) is 4.99 Å². The number of hydrogen-bond acceptors (Lipinski definition) is 2. The van der Waals surface area contributed by atoms with Crippen LogP contribution in [0.3, 0.4) is 0 Å². The second kappa shape index (κ2) is 3.08. The maximum absolute atomic E-state index is 12.8. The molecule has 3 heteroatoms. The first-order valence-corrected chi connectivity index (χ1v) is 3.08. The van der Waals surface area contributed by atoms with E-state index in [1.165, 1.54) is 12.1 Å². The van der Waals surface area contributed by atoms with E-state index in [2.05, 4.69) is 4.99 Å². The number of hydrogen-bond donors (Lipinski definition) is 0. The van der Waals surface area contributed by atoms with E-state index in [9.17, 15) is 9.18 Å².